The van der Waals surface area contributed by atoms with Gasteiger partial charge in [0.2, 0.25) is 0 Å². The van der Waals surface area contributed by atoms with Crippen molar-refractivity contribution in [1.29, 1.82) is 0 Å². The van der Waals surface area contributed by atoms with Gasteiger partial charge < -0.3 is 9.64 Å². The van der Waals surface area contributed by atoms with Gasteiger partial charge in [0.1, 0.15) is 4.60 Å². The van der Waals surface area contributed by atoms with E-state index in [2.05, 4.69) is 56.3 Å². The summed E-state index contributed by atoms with van der Waals surface area (Å²) < 4.78 is 8.24. The van der Waals surface area contributed by atoms with Crippen LogP contribution in [-0.4, -0.2) is 45.9 Å². The maximum absolute atomic E-state index is 6.36. The molecule has 1 aromatic carbocycles. The first-order chi connectivity index (χ1) is 15.2. The lowest BCUT2D eigenvalue weighted by Crippen LogP contribution is -2.36. The Kier molecular flexibility index (Phi) is 4.85. The van der Waals surface area contributed by atoms with Crippen LogP contribution in [0.15, 0.2) is 47.1 Å². The molecule has 2 fully saturated rings. The minimum atomic E-state index is 0.380. The van der Waals surface area contributed by atoms with Crippen molar-refractivity contribution >= 4 is 49.8 Å². The molecule has 8 heteroatoms. The van der Waals surface area contributed by atoms with E-state index in [0.29, 0.717) is 30.2 Å². The van der Waals surface area contributed by atoms with E-state index in [-0.39, 0.29) is 0 Å². The molecule has 4 heterocycles. The van der Waals surface area contributed by atoms with Gasteiger partial charge in [0.25, 0.3) is 0 Å². The maximum atomic E-state index is 6.36. The van der Waals surface area contributed by atoms with Gasteiger partial charge in [-0.25, -0.2) is 9.50 Å². The van der Waals surface area contributed by atoms with E-state index in [1.54, 1.807) is 0 Å². The molecular formula is C23H21BrClN5O. The third kappa shape index (κ3) is 3.39. The number of aromatic nitrogens is 4. The van der Waals surface area contributed by atoms with E-state index in [1.165, 1.54) is 11.1 Å². The van der Waals surface area contributed by atoms with Crippen LogP contribution in [0.25, 0.3) is 16.6 Å². The second kappa shape index (κ2) is 7.73. The van der Waals surface area contributed by atoms with E-state index in [1.807, 2.05) is 16.6 Å². The van der Waals surface area contributed by atoms with Crippen molar-refractivity contribution in [2.75, 3.05) is 31.2 Å². The number of ether oxygens (including phenoxy) is 1. The van der Waals surface area contributed by atoms with Gasteiger partial charge in [-0.3, -0.25) is 4.98 Å². The Labute approximate surface area is 193 Å². The number of anilines is 1. The quantitative estimate of drug-likeness (QED) is 0.389. The Morgan fingerprint density at radius 3 is 2.65 bits per heavy atom. The molecule has 0 bridgehead atoms. The van der Waals surface area contributed by atoms with E-state index in [0.717, 1.165) is 53.1 Å². The minimum Gasteiger partial charge on any atom is -0.378 e. The molecule has 158 valence electrons. The molecule has 0 radical (unpaired) electrons. The van der Waals surface area contributed by atoms with E-state index < -0.39 is 0 Å². The number of hydrogen-bond donors (Lipinski definition) is 0. The van der Waals surface area contributed by atoms with Crippen LogP contribution in [0.3, 0.4) is 0 Å². The third-order valence-electron chi connectivity index (χ3n) is 6.42. The topological polar surface area (TPSA) is 55.5 Å². The zero-order chi connectivity index (χ0) is 20.9. The highest BCUT2D eigenvalue weighted by Gasteiger charge is 2.36. The maximum Gasteiger partial charge on any atom is 0.178 e. The van der Waals surface area contributed by atoms with Crippen molar-refractivity contribution in [3.63, 3.8) is 0 Å². The predicted octanol–water partition coefficient (Wildman–Crippen LogP) is 5.19. The van der Waals surface area contributed by atoms with Crippen molar-refractivity contribution in [2.24, 2.45) is 0 Å². The summed E-state index contributed by atoms with van der Waals surface area (Å²) >= 11 is 10.1. The molecule has 3 aromatic heterocycles. The molecule has 1 saturated heterocycles. The lowest BCUT2D eigenvalue weighted by molar-refractivity contribution is 0.123. The predicted molar refractivity (Wildman–Crippen MR) is 125 cm³/mol. The lowest BCUT2D eigenvalue weighted by atomic mass is 9.71. The highest BCUT2D eigenvalue weighted by molar-refractivity contribution is 9.10. The second-order valence-corrected chi connectivity index (χ2v) is 9.41. The molecule has 0 atom stereocenters. The SMILES string of the molecule is Clc1cc(N2CCOCC2)c2nc([C@H]3C[C@H](c4ccc5ccccc5n4)C3)c(Br)n2n1. The molecule has 6 nitrogen and oxygen atoms in total. The highest BCUT2D eigenvalue weighted by atomic mass is 79.9. The number of morpholine rings is 1. The van der Waals surface area contributed by atoms with Crippen LogP contribution in [0.4, 0.5) is 5.69 Å². The van der Waals surface area contributed by atoms with Crippen LogP contribution in [0.1, 0.15) is 36.1 Å². The van der Waals surface area contributed by atoms with Crippen molar-refractivity contribution in [2.45, 2.75) is 24.7 Å². The fraction of sp³-hybridized carbons (Fsp3) is 0.348. The summed E-state index contributed by atoms with van der Waals surface area (Å²) in [6.07, 6.45) is 2.07. The van der Waals surface area contributed by atoms with Crippen LogP contribution in [0.5, 0.6) is 0 Å². The zero-order valence-electron chi connectivity index (χ0n) is 16.8. The summed E-state index contributed by atoms with van der Waals surface area (Å²) in [5, 5.41) is 6.15. The largest absolute Gasteiger partial charge is 0.378 e. The van der Waals surface area contributed by atoms with Crippen molar-refractivity contribution in [1.82, 2.24) is 19.6 Å². The Morgan fingerprint density at radius 1 is 1.00 bits per heavy atom. The van der Waals surface area contributed by atoms with Crippen LogP contribution >= 0.6 is 27.5 Å². The number of benzene rings is 1. The molecule has 6 rings (SSSR count). The van der Waals surface area contributed by atoms with Crippen molar-refractivity contribution in [3.05, 3.63) is 63.6 Å². The summed E-state index contributed by atoms with van der Waals surface area (Å²) in [4.78, 5) is 12.2. The zero-order valence-corrected chi connectivity index (χ0v) is 19.2. The fourth-order valence-corrected chi connectivity index (χ4v) is 5.49. The molecule has 1 aliphatic carbocycles. The number of para-hydroxylation sites is 1. The van der Waals surface area contributed by atoms with Gasteiger partial charge >= 0.3 is 0 Å². The van der Waals surface area contributed by atoms with Gasteiger partial charge in [-0.1, -0.05) is 35.9 Å². The molecule has 2 aliphatic rings. The van der Waals surface area contributed by atoms with Crippen LogP contribution in [-0.2, 0) is 4.74 Å². The van der Waals surface area contributed by atoms with Gasteiger partial charge in [-0.15, -0.1) is 0 Å². The van der Waals surface area contributed by atoms with Gasteiger partial charge in [0.15, 0.2) is 10.8 Å². The molecular weight excluding hydrogens is 478 g/mol. The first-order valence-electron chi connectivity index (χ1n) is 10.6. The fourth-order valence-electron chi connectivity index (χ4n) is 4.66. The summed E-state index contributed by atoms with van der Waals surface area (Å²) in [5.41, 5.74) is 5.15. The summed E-state index contributed by atoms with van der Waals surface area (Å²) in [6.45, 7) is 3.08. The number of imidazole rings is 1. The molecule has 0 unspecified atom stereocenters. The second-order valence-electron chi connectivity index (χ2n) is 8.27. The van der Waals surface area contributed by atoms with Crippen LogP contribution in [0.2, 0.25) is 5.15 Å². The average Bonchev–Trinajstić information content (AvgIpc) is 3.09. The first kappa shape index (κ1) is 19.5. The number of halogens is 2. The Bertz CT molecular complexity index is 1280. The van der Waals surface area contributed by atoms with Crippen LogP contribution < -0.4 is 4.90 Å². The number of hydrogen-bond acceptors (Lipinski definition) is 5. The monoisotopic (exact) mass is 497 g/mol. The van der Waals surface area contributed by atoms with E-state index in [4.69, 9.17) is 26.3 Å². The number of rotatable bonds is 3. The molecule has 1 aliphatic heterocycles. The van der Waals surface area contributed by atoms with E-state index >= 15 is 0 Å². The Balaban J connectivity index is 1.29. The molecule has 0 spiro atoms. The van der Waals surface area contributed by atoms with Gasteiger partial charge in [-0.2, -0.15) is 5.10 Å². The Morgan fingerprint density at radius 2 is 1.81 bits per heavy atom. The first-order valence-corrected chi connectivity index (χ1v) is 11.8. The van der Waals surface area contributed by atoms with Crippen LogP contribution in [0, 0.1) is 0 Å². The number of nitrogens with zero attached hydrogens (tertiary/aromatic N) is 5. The van der Waals surface area contributed by atoms with Crippen molar-refractivity contribution < 1.29 is 4.74 Å². The molecule has 0 amide bonds. The van der Waals surface area contributed by atoms with Gasteiger partial charge in [0, 0.05) is 42.1 Å². The highest BCUT2D eigenvalue weighted by Crippen LogP contribution is 2.49. The standard InChI is InChI=1S/C23H21BrClN5O/c24-22-21(16-11-15(12-16)18-6-5-14-3-1-2-4-17(14)26-18)27-23-19(13-20(25)28-30(22)23)29-7-9-31-10-8-29/h1-6,13,15-16H,7-12H2/t15-,16-. The van der Waals surface area contributed by atoms with E-state index in [9.17, 15) is 0 Å². The van der Waals surface area contributed by atoms with Gasteiger partial charge in [-0.05, 0) is 40.9 Å². The normalized spacial score (nSPS) is 21.5. The lowest BCUT2D eigenvalue weighted by Gasteiger charge is -2.34. The number of pyridine rings is 1. The third-order valence-corrected chi connectivity index (χ3v) is 7.35. The smallest absolute Gasteiger partial charge is 0.178 e. The molecule has 1 saturated carbocycles. The molecule has 31 heavy (non-hydrogen) atoms. The summed E-state index contributed by atoms with van der Waals surface area (Å²) in [5.74, 6) is 0.840. The van der Waals surface area contributed by atoms with Crippen molar-refractivity contribution in [3.8, 4) is 0 Å². The van der Waals surface area contributed by atoms with Gasteiger partial charge in [0.05, 0.1) is 30.1 Å². The number of fused-ring (bicyclic) bond motifs is 2. The minimum absolute atomic E-state index is 0.380. The molecule has 4 aromatic rings. The molecule has 0 N–H and O–H groups in total. The Hall–Kier alpha value is -2.22. The summed E-state index contributed by atoms with van der Waals surface area (Å²) in [6, 6.07) is 14.5. The summed E-state index contributed by atoms with van der Waals surface area (Å²) in [7, 11) is 0. The average molecular weight is 499 g/mol.